The molecule has 2 aromatic rings. The van der Waals surface area contributed by atoms with Crippen LogP contribution in [0.5, 0.6) is 11.5 Å². The normalized spacial score (nSPS) is 11.5. The maximum Gasteiger partial charge on any atom is 0.336 e. The quantitative estimate of drug-likeness (QED) is 0.581. The smallest absolute Gasteiger partial charge is 0.336 e. The van der Waals surface area contributed by atoms with Gasteiger partial charge in [0.05, 0.1) is 18.3 Å². The van der Waals surface area contributed by atoms with Crippen molar-refractivity contribution in [2.75, 3.05) is 6.61 Å². The molecule has 0 aliphatic rings. The minimum Gasteiger partial charge on any atom is -0.494 e. The molecule has 0 aliphatic carbocycles. The van der Waals surface area contributed by atoms with Crippen molar-refractivity contribution < 1.29 is 19.4 Å². The zero-order chi connectivity index (χ0) is 18.4. The molecule has 0 bridgehead atoms. The lowest BCUT2D eigenvalue weighted by molar-refractivity contribution is -0.130. The fourth-order valence-electron chi connectivity index (χ4n) is 2.52. The number of hydrogen-bond acceptors (Lipinski definition) is 3. The van der Waals surface area contributed by atoms with Crippen LogP contribution in [-0.4, -0.2) is 23.8 Å². The van der Waals surface area contributed by atoms with Gasteiger partial charge in [0.2, 0.25) is 0 Å². The van der Waals surface area contributed by atoms with Gasteiger partial charge in [-0.2, -0.15) is 0 Å². The first-order valence-corrected chi connectivity index (χ1v) is 8.36. The minimum atomic E-state index is -0.983. The molecule has 0 fully saturated rings. The highest BCUT2D eigenvalue weighted by atomic mass is 16.5. The summed E-state index contributed by atoms with van der Waals surface area (Å²) in [6.07, 6.45) is 1.66. The van der Waals surface area contributed by atoms with E-state index in [4.69, 9.17) is 9.47 Å². The second kappa shape index (κ2) is 8.38. The Kier molecular flexibility index (Phi) is 6.23. The number of aryl methyl sites for hydroxylation is 1. The van der Waals surface area contributed by atoms with E-state index >= 15 is 0 Å². The highest BCUT2D eigenvalue weighted by Gasteiger charge is 2.14. The molecular formula is C21H24O4. The van der Waals surface area contributed by atoms with Crippen molar-refractivity contribution in [1.29, 1.82) is 0 Å². The molecule has 1 N–H and O–H groups in total. The standard InChI is InChI=1S/C21H24O4/c1-5-24-19-11-10-16(12-15(19)4)18(21(22)23)13-17-8-6-7-9-20(17)25-14(2)3/h6-14H,5H2,1-4H3,(H,22,23)/b18-13-. The van der Waals surface area contributed by atoms with Crippen molar-refractivity contribution >= 4 is 17.6 Å². The summed E-state index contributed by atoms with van der Waals surface area (Å²) in [5.41, 5.74) is 2.48. The van der Waals surface area contributed by atoms with Crippen LogP contribution in [0.25, 0.3) is 11.6 Å². The van der Waals surface area contributed by atoms with Gasteiger partial charge in [-0.25, -0.2) is 4.79 Å². The first kappa shape index (κ1) is 18.6. The predicted octanol–water partition coefficient (Wildman–Crippen LogP) is 4.81. The van der Waals surface area contributed by atoms with Crippen LogP contribution < -0.4 is 9.47 Å². The molecule has 4 heteroatoms. The number of ether oxygens (including phenoxy) is 2. The number of carboxylic acids is 1. The first-order chi connectivity index (χ1) is 11.9. The molecule has 0 unspecified atom stereocenters. The van der Waals surface area contributed by atoms with E-state index in [1.54, 1.807) is 12.1 Å². The van der Waals surface area contributed by atoms with Crippen molar-refractivity contribution in [3.63, 3.8) is 0 Å². The Morgan fingerprint density at radius 3 is 2.48 bits per heavy atom. The lowest BCUT2D eigenvalue weighted by Gasteiger charge is -2.13. The van der Waals surface area contributed by atoms with Gasteiger partial charge in [-0.15, -0.1) is 0 Å². The van der Waals surface area contributed by atoms with E-state index in [9.17, 15) is 9.90 Å². The van der Waals surface area contributed by atoms with E-state index in [-0.39, 0.29) is 11.7 Å². The minimum absolute atomic E-state index is 0.00977. The third-order valence-electron chi connectivity index (χ3n) is 3.60. The van der Waals surface area contributed by atoms with E-state index in [0.717, 1.165) is 16.9 Å². The maximum atomic E-state index is 11.8. The molecule has 0 saturated heterocycles. The van der Waals surface area contributed by atoms with Gasteiger partial charge < -0.3 is 14.6 Å². The van der Waals surface area contributed by atoms with Crippen LogP contribution in [0.3, 0.4) is 0 Å². The number of carbonyl (C=O) groups is 1. The maximum absolute atomic E-state index is 11.8. The van der Waals surface area contributed by atoms with Crippen LogP contribution in [0.2, 0.25) is 0 Å². The van der Waals surface area contributed by atoms with Gasteiger partial charge in [-0.1, -0.05) is 24.3 Å². The monoisotopic (exact) mass is 340 g/mol. The summed E-state index contributed by atoms with van der Waals surface area (Å²) in [6.45, 7) is 8.27. The summed E-state index contributed by atoms with van der Waals surface area (Å²) in [6, 6.07) is 12.8. The van der Waals surface area contributed by atoms with Crippen LogP contribution in [-0.2, 0) is 4.79 Å². The number of hydrogen-bond donors (Lipinski definition) is 1. The molecule has 0 amide bonds. The predicted molar refractivity (Wildman–Crippen MR) is 100 cm³/mol. The van der Waals surface area contributed by atoms with Gasteiger partial charge in [-0.05, 0) is 63.1 Å². The van der Waals surface area contributed by atoms with E-state index in [0.29, 0.717) is 17.9 Å². The summed E-state index contributed by atoms with van der Waals surface area (Å²) in [7, 11) is 0. The Morgan fingerprint density at radius 1 is 1.16 bits per heavy atom. The van der Waals surface area contributed by atoms with Crippen LogP contribution >= 0.6 is 0 Å². The van der Waals surface area contributed by atoms with E-state index in [1.807, 2.05) is 64.1 Å². The Labute approximate surface area is 148 Å². The molecule has 0 aliphatic heterocycles. The Morgan fingerprint density at radius 2 is 1.88 bits per heavy atom. The third kappa shape index (κ3) is 4.86. The number of aliphatic carboxylic acids is 1. The Bertz CT molecular complexity index is 775. The van der Waals surface area contributed by atoms with Crippen molar-refractivity contribution in [3.05, 3.63) is 59.2 Å². The lowest BCUT2D eigenvalue weighted by Crippen LogP contribution is -2.07. The number of para-hydroxylation sites is 1. The van der Waals surface area contributed by atoms with Crippen molar-refractivity contribution in [2.24, 2.45) is 0 Å². The van der Waals surface area contributed by atoms with E-state index in [1.165, 1.54) is 0 Å². The largest absolute Gasteiger partial charge is 0.494 e. The van der Waals surface area contributed by atoms with Crippen molar-refractivity contribution in [1.82, 2.24) is 0 Å². The molecule has 4 nitrogen and oxygen atoms in total. The Balaban J connectivity index is 2.47. The van der Waals surface area contributed by atoms with E-state index in [2.05, 4.69) is 0 Å². The molecule has 0 saturated carbocycles. The van der Waals surface area contributed by atoms with Gasteiger partial charge in [-0.3, -0.25) is 0 Å². The molecule has 25 heavy (non-hydrogen) atoms. The summed E-state index contributed by atoms with van der Waals surface area (Å²) in [5.74, 6) is 0.446. The van der Waals surface area contributed by atoms with Gasteiger partial charge in [0.15, 0.2) is 0 Å². The molecule has 0 heterocycles. The summed E-state index contributed by atoms with van der Waals surface area (Å²) >= 11 is 0. The fraction of sp³-hybridized carbons (Fsp3) is 0.286. The van der Waals surface area contributed by atoms with Gasteiger partial charge in [0.1, 0.15) is 11.5 Å². The SMILES string of the molecule is CCOc1ccc(/C(=C/c2ccccc2OC(C)C)C(=O)O)cc1C. The first-order valence-electron chi connectivity index (χ1n) is 8.36. The van der Waals surface area contributed by atoms with Gasteiger partial charge in [0, 0.05) is 5.56 Å². The molecule has 0 radical (unpaired) electrons. The van der Waals surface area contributed by atoms with Crippen LogP contribution in [0.15, 0.2) is 42.5 Å². The highest BCUT2D eigenvalue weighted by molar-refractivity contribution is 6.20. The van der Waals surface area contributed by atoms with Crippen molar-refractivity contribution in [2.45, 2.75) is 33.8 Å². The van der Waals surface area contributed by atoms with Crippen molar-refractivity contribution in [3.8, 4) is 11.5 Å². The van der Waals surface area contributed by atoms with Crippen LogP contribution in [0, 0.1) is 6.92 Å². The van der Waals surface area contributed by atoms with Crippen LogP contribution in [0.4, 0.5) is 0 Å². The third-order valence-corrected chi connectivity index (χ3v) is 3.60. The molecule has 0 atom stereocenters. The molecule has 132 valence electrons. The lowest BCUT2D eigenvalue weighted by atomic mass is 10.00. The summed E-state index contributed by atoms with van der Waals surface area (Å²) in [4.78, 5) is 11.8. The fourth-order valence-corrected chi connectivity index (χ4v) is 2.52. The van der Waals surface area contributed by atoms with Gasteiger partial charge in [0.25, 0.3) is 0 Å². The average Bonchev–Trinajstić information content (AvgIpc) is 2.55. The van der Waals surface area contributed by atoms with E-state index < -0.39 is 5.97 Å². The Hall–Kier alpha value is -2.75. The molecule has 0 aromatic heterocycles. The molecule has 2 rings (SSSR count). The molecule has 2 aromatic carbocycles. The zero-order valence-corrected chi connectivity index (χ0v) is 15.1. The molecular weight excluding hydrogens is 316 g/mol. The second-order valence-corrected chi connectivity index (χ2v) is 5.98. The van der Waals surface area contributed by atoms with Crippen LogP contribution in [0.1, 0.15) is 37.5 Å². The summed E-state index contributed by atoms with van der Waals surface area (Å²) < 4.78 is 11.3. The average molecular weight is 340 g/mol. The molecule has 0 spiro atoms. The summed E-state index contributed by atoms with van der Waals surface area (Å²) in [5, 5.41) is 9.68. The second-order valence-electron chi connectivity index (χ2n) is 5.98. The number of carboxylic acid groups (broad SMARTS) is 1. The highest BCUT2D eigenvalue weighted by Crippen LogP contribution is 2.28. The number of benzene rings is 2. The number of rotatable bonds is 7. The zero-order valence-electron chi connectivity index (χ0n) is 15.1. The topological polar surface area (TPSA) is 55.8 Å². The van der Waals surface area contributed by atoms with Gasteiger partial charge >= 0.3 is 5.97 Å².